The van der Waals surface area contributed by atoms with Crippen LogP contribution in [0.5, 0.6) is 5.75 Å². The molecule has 1 saturated heterocycles. The molecule has 9 heteroatoms. The number of carbonyl (C=O) groups is 1. The monoisotopic (exact) mass is 510 g/mol. The molecule has 152 valence electrons. The van der Waals surface area contributed by atoms with Gasteiger partial charge in [0.25, 0.3) is 0 Å². The summed E-state index contributed by atoms with van der Waals surface area (Å²) in [4.78, 5) is 17.7. The van der Waals surface area contributed by atoms with E-state index in [1.54, 1.807) is 24.0 Å². The van der Waals surface area contributed by atoms with E-state index in [4.69, 9.17) is 26.8 Å². The normalized spacial score (nSPS) is 16.3. The predicted octanol–water partition coefficient (Wildman–Crippen LogP) is 3.25. The molecular formula is C18H28ClIN4O3. The summed E-state index contributed by atoms with van der Waals surface area (Å²) < 4.78 is 10.8. The minimum atomic E-state index is -0.249. The van der Waals surface area contributed by atoms with Crippen LogP contribution >= 0.6 is 35.6 Å². The van der Waals surface area contributed by atoms with Crippen LogP contribution in [0.25, 0.3) is 0 Å². The Morgan fingerprint density at radius 3 is 2.59 bits per heavy atom. The van der Waals surface area contributed by atoms with Crippen molar-refractivity contribution in [1.29, 1.82) is 0 Å². The van der Waals surface area contributed by atoms with E-state index in [1.165, 1.54) is 0 Å². The summed E-state index contributed by atoms with van der Waals surface area (Å²) in [6.45, 7) is 5.89. The van der Waals surface area contributed by atoms with E-state index in [0.29, 0.717) is 37.2 Å². The number of nitrogens with two attached hydrogens (primary N) is 1. The quantitative estimate of drug-likeness (QED) is 0.348. The lowest BCUT2D eigenvalue weighted by molar-refractivity contribution is 0.0963. The van der Waals surface area contributed by atoms with Crippen LogP contribution in [0, 0.1) is 0 Å². The fraction of sp³-hybridized carbons (Fsp3) is 0.556. The lowest BCUT2D eigenvalue weighted by atomic mass is 10.1. The van der Waals surface area contributed by atoms with Crippen LogP contribution in [0.2, 0.25) is 5.02 Å². The molecule has 1 unspecified atom stereocenters. The van der Waals surface area contributed by atoms with Crippen molar-refractivity contribution >= 4 is 47.6 Å². The Kier molecular flexibility index (Phi) is 10.6. The van der Waals surface area contributed by atoms with Gasteiger partial charge < -0.3 is 25.4 Å². The zero-order valence-electron chi connectivity index (χ0n) is 15.7. The third kappa shape index (κ3) is 8.42. The molecule has 0 aliphatic carbocycles. The Balaban J connectivity index is 0.00000364. The molecule has 2 rings (SSSR count). The standard InChI is InChI=1S/C18H27ClN4O3.HI/c1-3-25-18(24)23-10-8-15(9-11-23)22-17(20)21-12-13(2)26-16-6-4-14(19)5-7-16;/h4-7,13,15H,3,8-12H2,1-2H3,(H3,20,21,22);1H. The highest BCUT2D eigenvalue weighted by Gasteiger charge is 2.23. The van der Waals surface area contributed by atoms with Crippen molar-refractivity contribution < 1.29 is 14.3 Å². The van der Waals surface area contributed by atoms with Crippen LogP contribution in [0.4, 0.5) is 4.79 Å². The lowest BCUT2D eigenvalue weighted by Crippen LogP contribution is -2.48. The van der Waals surface area contributed by atoms with E-state index in [0.717, 1.165) is 18.6 Å². The molecule has 1 amide bonds. The van der Waals surface area contributed by atoms with E-state index in [2.05, 4.69) is 10.3 Å². The average molecular weight is 511 g/mol. The van der Waals surface area contributed by atoms with Gasteiger partial charge in [0.05, 0.1) is 13.2 Å². The van der Waals surface area contributed by atoms with Crippen LogP contribution in [-0.2, 0) is 4.74 Å². The van der Waals surface area contributed by atoms with Gasteiger partial charge in [0.2, 0.25) is 0 Å². The van der Waals surface area contributed by atoms with E-state index in [1.807, 2.05) is 19.1 Å². The maximum atomic E-state index is 11.7. The molecule has 0 aromatic heterocycles. The summed E-state index contributed by atoms with van der Waals surface area (Å²) in [5, 5.41) is 3.88. The molecule has 7 nitrogen and oxygen atoms in total. The lowest BCUT2D eigenvalue weighted by Gasteiger charge is -2.31. The highest BCUT2D eigenvalue weighted by molar-refractivity contribution is 14.0. The summed E-state index contributed by atoms with van der Waals surface area (Å²) in [5.74, 6) is 1.14. The molecule has 1 aliphatic rings. The number of ether oxygens (including phenoxy) is 2. The van der Waals surface area contributed by atoms with Gasteiger partial charge in [0.15, 0.2) is 5.96 Å². The predicted molar refractivity (Wildman–Crippen MR) is 118 cm³/mol. The Labute approximate surface area is 182 Å². The molecule has 27 heavy (non-hydrogen) atoms. The molecule has 0 spiro atoms. The largest absolute Gasteiger partial charge is 0.489 e. The molecule has 1 aliphatic heterocycles. The van der Waals surface area contributed by atoms with Crippen LogP contribution in [0.15, 0.2) is 29.3 Å². The molecule has 0 saturated carbocycles. The van der Waals surface area contributed by atoms with Crippen molar-refractivity contribution in [3.05, 3.63) is 29.3 Å². The maximum Gasteiger partial charge on any atom is 0.409 e. The van der Waals surface area contributed by atoms with Gasteiger partial charge >= 0.3 is 6.09 Å². The summed E-state index contributed by atoms with van der Waals surface area (Å²) in [6, 6.07) is 7.41. The summed E-state index contributed by atoms with van der Waals surface area (Å²) >= 11 is 5.85. The third-order valence-corrected chi connectivity index (χ3v) is 4.29. The molecule has 3 N–H and O–H groups in total. The van der Waals surface area contributed by atoms with Crippen molar-refractivity contribution in [2.24, 2.45) is 10.7 Å². The van der Waals surface area contributed by atoms with Gasteiger partial charge in [-0.2, -0.15) is 0 Å². The number of rotatable bonds is 6. The van der Waals surface area contributed by atoms with Crippen LogP contribution < -0.4 is 15.8 Å². The zero-order valence-corrected chi connectivity index (χ0v) is 18.8. The third-order valence-electron chi connectivity index (χ3n) is 4.04. The number of hydrogen-bond donors (Lipinski definition) is 2. The number of aliphatic imine (C=N–C) groups is 1. The number of guanidine groups is 1. The first kappa shape index (κ1) is 23.6. The molecule has 0 bridgehead atoms. The number of amides is 1. The van der Waals surface area contributed by atoms with E-state index >= 15 is 0 Å². The first-order chi connectivity index (χ1) is 12.5. The number of piperidine rings is 1. The van der Waals surface area contributed by atoms with Gasteiger partial charge in [-0.05, 0) is 51.0 Å². The topological polar surface area (TPSA) is 89.2 Å². The fourth-order valence-corrected chi connectivity index (χ4v) is 2.81. The fourth-order valence-electron chi connectivity index (χ4n) is 2.69. The maximum absolute atomic E-state index is 11.7. The first-order valence-electron chi connectivity index (χ1n) is 8.88. The zero-order chi connectivity index (χ0) is 18.9. The number of carbonyl (C=O) groups excluding carboxylic acids is 1. The molecule has 0 radical (unpaired) electrons. The second-order valence-corrected chi connectivity index (χ2v) is 6.65. The number of nitrogens with one attached hydrogen (secondary N) is 1. The minimum absolute atomic E-state index is 0. The summed E-state index contributed by atoms with van der Waals surface area (Å²) in [7, 11) is 0. The number of likely N-dealkylation sites (tertiary alicyclic amines) is 1. The Bertz CT molecular complexity index is 607. The van der Waals surface area contributed by atoms with E-state index < -0.39 is 0 Å². The van der Waals surface area contributed by atoms with Crippen LogP contribution in [0.1, 0.15) is 26.7 Å². The van der Waals surface area contributed by atoms with Gasteiger partial charge in [-0.1, -0.05) is 11.6 Å². The van der Waals surface area contributed by atoms with Gasteiger partial charge in [-0.25, -0.2) is 9.79 Å². The van der Waals surface area contributed by atoms with Gasteiger partial charge in [0, 0.05) is 24.2 Å². The number of benzene rings is 1. The second-order valence-electron chi connectivity index (χ2n) is 6.21. The molecule has 1 atom stereocenters. The highest BCUT2D eigenvalue weighted by Crippen LogP contribution is 2.17. The molecule has 1 fully saturated rings. The Hall–Kier alpha value is -1.42. The number of halogens is 2. The van der Waals surface area contributed by atoms with Crippen LogP contribution in [0.3, 0.4) is 0 Å². The Morgan fingerprint density at radius 2 is 2.00 bits per heavy atom. The van der Waals surface area contributed by atoms with Crippen LogP contribution in [-0.4, -0.2) is 55.3 Å². The second kappa shape index (κ2) is 12.1. The SMILES string of the molecule is CCOC(=O)N1CCC(NC(N)=NCC(C)Oc2ccc(Cl)cc2)CC1.I. The highest BCUT2D eigenvalue weighted by atomic mass is 127. The average Bonchev–Trinajstić information content (AvgIpc) is 2.63. The molecule has 1 heterocycles. The molecule has 1 aromatic carbocycles. The van der Waals surface area contributed by atoms with Crippen molar-refractivity contribution in [3.8, 4) is 5.75 Å². The minimum Gasteiger partial charge on any atom is -0.489 e. The number of nitrogens with zero attached hydrogens (tertiary/aromatic N) is 2. The van der Waals surface area contributed by atoms with Crippen molar-refractivity contribution in [3.63, 3.8) is 0 Å². The molecular weight excluding hydrogens is 483 g/mol. The van der Waals surface area contributed by atoms with Crippen molar-refractivity contribution in [2.75, 3.05) is 26.2 Å². The first-order valence-corrected chi connectivity index (χ1v) is 9.26. The van der Waals surface area contributed by atoms with Crippen molar-refractivity contribution in [2.45, 2.75) is 38.8 Å². The van der Waals surface area contributed by atoms with Gasteiger partial charge in [-0.3, -0.25) is 0 Å². The summed E-state index contributed by atoms with van der Waals surface area (Å²) in [5.41, 5.74) is 5.97. The van der Waals surface area contributed by atoms with Gasteiger partial charge in [-0.15, -0.1) is 24.0 Å². The Morgan fingerprint density at radius 1 is 1.37 bits per heavy atom. The smallest absolute Gasteiger partial charge is 0.409 e. The van der Waals surface area contributed by atoms with E-state index in [-0.39, 0.29) is 42.2 Å². The number of hydrogen-bond acceptors (Lipinski definition) is 4. The van der Waals surface area contributed by atoms with Gasteiger partial charge in [0.1, 0.15) is 11.9 Å². The van der Waals surface area contributed by atoms with E-state index in [9.17, 15) is 4.79 Å². The summed E-state index contributed by atoms with van der Waals surface area (Å²) in [6.07, 6.45) is 1.26. The molecule has 1 aromatic rings. The van der Waals surface area contributed by atoms with Crippen molar-refractivity contribution in [1.82, 2.24) is 10.2 Å².